The van der Waals surface area contributed by atoms with Gasteiger partial charge in [-0.1, -0.05) is 60.7 Å². The summed E-state index contributed by atoms with van der Waals surface area (Å²) in [4.78, 5) is 35.4. The molecule has 0 aliphatic carbocycles. The van der Waals surface area contributed by atoms with E-state index in [1.807, 2.05) is 24.3 Å². The van der Waals surface area contributed by atoms with Gasteiger partial charge in [0.1, 0.15) is 0 Å². The second-order valence-electron chi connectivity index (χ2n) is 5.40. The number of hydrogen-bond acceptors (Lipinski definition) is 4. The summed E-state index contributed by atoms with van der Waals surface area (Å²) in [6.07, 6.45) is 0.999. The zero-order chi connectivity index (χ0) is 17.2. The van der Waals surface area contributed by atoms with E-state index in [-0.39, 0.29) is 31.0 Å². The van der Waals surface area contributed by atoms with Crippen molar-refractivity contribution in [3.63, 3.8) is 0 Å². The van der Waals surface area contributed by atoms with Crippen molar-refractivity contribution < 1.29 is 19.1 Å². The number of carbonyl (C=O) groups excluding carboxylic acids is 3. The lowest BCUT2D eigenvalue weighted by Crippen LogP contribution is -2.10. The van der Waals surface area contributed by atoms with Gasteiger partial charge in [0.2, 0.25) is 0 Å². The van der Waals surface area contributed by atoms with E-state index in [1.54, 1.807) is 36.4 Å². The molecule has 2 aromatic rings. The summed E-state index contributed by atoms with van der Waals surface area (Å²) in [5.41, 5.74) is 1.26. The van der Waals surface area contributed by atoms with Crippen LogP contribution < -0.4 is 0 Å². The minimum absolute atomic E-state index is 0.0332. The lowest BCUT2D eigenvalue weighted by Gasteiger charge is -2.05. The third kappa shape index (κ3) is 5.80. The standard InChI is InChI=1S/C20H20O4/c21-18(16-8-3-1-4-9-16)12-7-15-24-20(23)14-13-19(22)17-10-5-2-6-11-17/h1-6,8-11H,7,12-15H2. The molecule has 0 fully saturated rings. The van der Waals surface area contributed by atoms with Gasteiger partial charge in [0.25, 0.3) is 0 Å². The van der Waals surface area contributed by atoms with Crippen molar-refractivity contribution in [1.82, 2.24) is 0 Å². The Labute approximate surface area is 141 Å². The summed E-state index contributed by atoms with van der Waals surface area (Å²) in [6.45, 7) is 0.191. The van der Waals surface area contributed by atoms with E-state index in [1.165, 1.54) is 0 Å². The third-order valence-corrected chi connectivity index (χ3v) is 3.56. The van der Waals surface area contributed by atoms with Gasteiger partial charge >= 0.3 is 5.97 Å². The minimum Gasteiger partial charge on any atom is -0.466 e. The summed E-state index contributed by atoms with van der Waals surface area (Å²) >= 11 is 0. The lowest BCUT2D eigenvalue weighted by atomic mass is 10.1. The zero-order valence-corrected chi connectivity index (χ0v) is 13.4. The molecular formula is C20H20O4. The van der Waals surface area contributed by atoms with Gasteiger partial charge in [0.05, 0.1) is 13.0 Å². The Morgan fingerprint density at radius 2 is 1.17 bits per heavy atom. The van der Waals surface area contributed by atoms with Crippen LogP contribution in [0.1, 0.15) is 46.4 Å². The van der Waals surface area contributed by atoms with Gasteiger partial charge in [-0.3, -0.25) is 14.4 Å². The molecule has 2 aromatic carbocycles. The topological polar surface area (TPSA) is 60.4 Å². The predicted molar refractivity (Wildman–Crippen MR) is 91.0 cm³/mol. The summed E-state index contributed by atoms with van der Waals surface area (Å²) < 4.78 is 5.07. The average molecular weight is 324 g/mol. The Kier molecular flexibility index (Phi) is 6.90. The summed E-state index contributed by atoms with van der Waals surface area (Å²) in [7, 11) is 0. The maximum absolute atomic E-state index is 11.9. The van der Waals surface area contributed by atoms with Crippen LogP contribution in [0.15, 0.2) is 60.7 Å². The number of ether oxygens (including phenoxy) is 1. The second-order valence-corrected chi connectivity index (χ2v) is 5.40. The Morgan fingerprint density at radius 1 is 0.667 bits per heavy atom. The first-order valence-electron chi connectivity index (χ1n) is 7.99. The largest absolute Gasteiger partial charge is 0.466 e. The molecule has 0 unspecified atom stereocenters. The number of Topliss-reactive ketones (excluding diaryl/α,β-unsaturated/α-hetero) is 2. The van der Waals surface area contributed by atoms with E-state index in [0.29, 0.717) is 24.0 Å². The van der Waals surface area contributed by atoms with Crippen LogP contribution in [0.5, 0.6) is 0 Å². The van der Waals surface area contributed by atoms with Crippen molar-refractivity contribution in [3.8, 4) is 0 Å². The number of carbonyl (C=O) groups is 3. The molecule has 0 atom stereocenters. The van der Waals surface area contributed by atoms with Crippen molar-refractivity contribution in [2.75, 3.05) is 6.61 Å². The minimum atomic E-state index is -0.411. The summed E-state index contributed by atoms with van der Waals surface area (Å²) in [5.74, 6) is -0.454. The monoisotopic (exact) mass is 324 g/mol. The molecule has 24 heavy (non-hydrogen) atoms. The molecular weight excluding hydrogens is 304 g/mol. The van der Waals surface area contributed by atoms with Crippen LogP contribution >= 0.6 is 0 Å². The fraction of sp³-hybridized carbons (Fsp3) is 0.250. The van der Waals surface area contributed by atoms with Crippen LogP contribution in [0.25, 0.3) is 0 Å². The zero-order valence-electron chi connectivity index (χ0n) is 13.4. The molecule has 0 N–H and O–H groups in total. The van der Waals surface area contributed by atoms with Crippen LogP contribution in [0.4, 0.5) is 0 Å². The van der Waals surface area contributed by atoms with Crippen molar-refractivity contribution >= 4 is 17.5 Å². The Morgan fingerprint density at radius 3 is 1.71 bits per heavy atom. The summed E-state index contributed by atoms with van der Waals surface area (Å²) in [6, 6.07) is 17.9. The molecule has 2 rings (SSSR count). The van der Waals surface area contributed by atoms with Crippen molar-refractivity contribution in [1.29, 1.82) is 0 Å². The number of benzene rings is 2. The number of ketones is 2. The highest BCUT2D eigenvalue weighted by molar-refractivity contribution is 5.97. The van der Waals surface area contributed by atoms with Crippen LogP contribution in [0.3, 0.4) is 0 Å². The highest BCUT2D eigenvalue weighted by atomic mass is 16.5. The third-order valence-electron chi connectivity index (χ3n) is 3.56. The molecule has 0 amide bonds. The first-order chi connectivity index (χ1) is 11.7. The molecule has 0 spiro atoms. The predicted octanol–water partition coefficient (Wildman–Crippen LogP) is 3.86. The molecule has 0 aromatic heterocycles. The van der Waals surface area contributed by atoms with Crippen molar-refractivity contribution in [2.45, 2.75) is 25.7 Å². The molecule has 0 aliphatic heterocycles. The smallest absolute Gasteiger partial charge is 0.306 e. The van der Waals surface area contributed by atoms with E-state index in [2.05, 4.69) is 0 Å². The Balaban J connectivity index is 1.62. The maximum atomic E-state index is 11.9. The van der Waals surface area contributed by atoms with Gasteiger partial charge in [-0.05, 0) is 6.42 Å². The Hall–Kier alpha value is -2.75. The molecule has 0 bridgehead atoms. The fourth-order valence-corrected chi connectivity index (χ4v) is 2.24. The van der Waals surface area contributed by atoms with Gasteiger partial charge in [-0.25, -0.2) is 0 Å². The molecule has 0 aliphatic rings. The molecule has 4 nitrogen and oxygen atoms in total. The average Bonchev–Trinajstić information content (AvgIpc) is 2.64. The number of esters is 1. The van der Waals surface area contributed by atoms with E-state index in [0.717, 1.165) is 0 Å². The van der Waals surface area contributed by atoms with Crippen molar-refractivity contribution in [3.05, 3.63) is 71.8 Å². The first kappa shape index (κ1) is 17.6. The van der Waals surface area contributed by atoms with E-state index >= 15 is 0 Å². The highest BCUT2D eigenvalue weighted by Crippen LogP contribution is 2.07. The molecule has 4 heteroatoms. The second kappa shape index (κ2) is 9.40. The van der Waals surface area contributed by atoms with Gasteiger partial charge in [0, 0.05) is 24.0 Å². The van der Waals surface area contributed by atoms with Gasteiger partial charge < -0.3 is 4.74 Å². The van der Waals surface area contributed by atoms with Gasteiger partial charge in [-0.2, -0.15) is 0 Å². The number of rotatable bonds is 9. The fourth-order valence-electron chi connectivity index (χ4n) is 2.24. The van der Waals surface area contributed by atoms with Gasteiger partial charge in [-0.15, -0.1) is 0 Å². The van der Waals surface area contributed by atoms with E-state index in [4.69, 9.17) is 4.74 Å². The highest BCUT2D eigenvalue weighted by Gasteiger charge is 2.10. The molecule has 124 valence electrons. The van der Waals surface area contributed by atoms with Gasteiger partial charge in [0.15, 0.2) is 11.6 Å². The molecule has 0 saturated carbocycles. The van der Waals surface area contributed by atoms with E-state index < -0.39 is 5.97 Å². The quantitative estimate of drug-likeness (QED) is 0.399. The maximum Gasteiger partial charge on any atom is 0.306 e. The summed E-state index contributed by atoms with van der Waals surface area (Å²) in [5, 5.41) is 0. The van der Waals surface area contributed by atoms with Crippen LogP contribution in [-0.2, 0) is 9.53 Å². The molecule has 0 saturated heterocycles. The lowest BCUT2D eigenvalue weighted by molar-refractivity contribution is -0.143. The molecule has 0 radical (unpaired) electrons. The Bertz CT molecular complexity index is 677. The van der Waals surface area contributed by atoms with Crippen molar-refractivity contribution in [2.24, 2.45) is 0 Å². The normalized spacial score (nSPS) is 10.2. The van der Waals surface area contributed by atoms with Crippen LogP contribution in [-0.4, -0.2) is 24.1 Å². The van der Waals surface area contributed by atoms with E-state index in [9.17, 15) is 14.4 Å². The van der Waals surface area contributed by atoms with Crippen LogP contribution in [0.2, 0.25) is 0 Å². The number of hydrogen-bond donors (Lipinski definition) is 0. The molecule has 0 heterocycles. The first-order valence-corrected chi connectivity index (χ1v) is 7.99. The SMILES string of the molecule is O=C(CCC(=O)c1ccccc1)OCCCC(=O)c1ccccc1. The van der Waals surface area contributed by atoms with Crippen LogP contribution in [0, 0.1) is 0 Å².